The van der Waals surface area contributed by atoms with E-state index in [2.05, 4.69) is 5.32 Å². The van der Waals surface area contributed by atoms with Crippen molar-refractivity contribution in [1.82, 2.24) is 5.32 Å². The molecule has 9 heavy (non-hydrogen) atoms. The molecule has 2 aliphatic heterocycles. The van der Waals surface area contributed by atoms with E-state index < -0.39 is 12.6 Å². The van der Waals surface area contributed by atoms with Gasteiger partial charge in [-0.2, -0.15) is 0 Å². The van der Waals surface area contributed by atoms with Crippen LogP contribution >= 0.6 is 0 Å². The summed E-state index contributed by atoms with van der Waals surface area (Å²) in [4.78, 5) is 0. The first-order valence-corrected chi connectivity index (χ1v) is 3.60. The molecule has 2 fully saturated rings. The van der Waals surface area contributed by atoms with Gasteiger partial charge in [0, 0.05) is 13.5 Å². The Bertz CT molecular complexity index is 142. The Morgan fingerprint density at radius 3 is 3.22 bits per heavy atom. The van der Waals surface area contributed by atoms with Gasteiger partial charge < -0.3 is 5.32 Å². The van der Waals surface area contributed by atoms with E-state index in [0.29, 0.717) is 12.5 Å². The number of piperidine rings is 1. The minimum Gasteiger partial charge on any atom is -0.308 e. The summed E-state index contributed by atoms with van der Waals surface area (Å²) in [6.07, 6.45) is 1.33. The molecule has 1 nitrogen and oxygen atoms in total. The molecule has 0 saturated carbocycles. The van der Waals surface area contributed by atoms with Gasteiger partial charge in [-0.05, 0) is 25.7 Å². The van der Waals surface area contributed by atoms with Crippen LogP contribution in [0.15, 0.2) is 0 Å². The molecule has 0 aromatic rings. The molecule has 4 atom stereocenters. The predicted octanol–water partition coefficient (Wildman–Crippen LogP) is 1.24. The number of nitrogens with one attached hydrogen (secondary N) is 1. The Morgan fingerprint density at radius 2 is 2.33 bits per heavy atom. The first-order valence-electron chi connectivity index (χ1n) is 4.17. The fraction of sp³-hybridized carbons (Fsp3) is 1.00. The van der Waals surface area contributed by atoms with E-state index >= 15 is 0 Å². The van der Waals surface area contributed by atoms with Gasteiger partial charge in [0.1, 0.15) is 6.17 Å². The molecule has 0 aromatic heterocycles. The largest absolute Gasteiger partial charge is 0.308 e. The smallest absolute Gasteiger partial charge is 0.115 e. The van der Waals surface area contributed by atoms with E-state index in [1.54, 1.807) is 0 Å². The van der Waals surface area contributed by atoms with E-state index in [9.17, 15) is 4.39 Å². The topological polar surface area (TPSA) is 12.0 Å². The van der Waals surface area contributed by atoms with Gasteiger partial charge in [0.2, 0.25) is 0 Å². The predicted molar refractivity (Wildman–Crippen MR) is 34.1 cm³/mol. The van der Waals surface area contributed by atoms with Crippen molar-refractivity contribution in [2.45, 2.75) is 43.9 Å². The molecule has 0 aromatic carbocycles. The third-order valence-corrected chi connectivity index (χ3v) is 2.31. The van der Waals surface area contributed by atoms with Crippen LogP contribution in [0, 0.1) is 0 Å². The molecule has 2 heterocycles. The van der Waals surface area contributed by atoms with Crippen LogP contribution in [-0.2, 0) is 0 Å². The second kappa shape index (κ2) is 1.94. The van der Waals surface area contributed by atoms with Crippen molar-refractivity contribution in [1.29, 1.82) is 0 Å². The third-order valence-electron chi connectivity index (χ3n) is 2.31. The van der Waals surface area contributed by atoms with Crippen LogP contribution in [0.2, 0.25) is 0 Å². The maximum Gasteiger partial charge on any atom is 0.115 e. The van der Waals surface area contributed by atoms with Gasteiger partial charge in [-0.3, -0.25) is 0 Å². The highest BCUT2D eigenvalue weighted by atomic mass is 19.1. The fourth-order valence-corrected chi connectivity index (χ4v) is 1.75. The summed E-state index contributed by atoms with van der Waals surface area (Å²) >= 11 is 0. The second-order valence-corrected chi connectivity index (χ2v) is 2.96. The summed E-state index contributed by atoms with van der Waals surface area (Å²) in [5.41, 5.74) is 0. The standard InChI is InChI=1S/C7H12FN/c8-6-3-1-5-2-4-7(6)9-5/h5-7,9H,1-4H2/t5-,6-,7-/m0/s1/i3D/t3-,5+,6+,7+/m1. The molecule has 2 heteroatoms. The normalized spacial score (nSPS) is 59.4. The average Bonchev–Trinajstić information content (AvgIpc) is 2.29. The molecule has 0 aliphatic carbocycles. The van der Waals surface area contributed by atoms with Gasteiger partial charge in [0.25, 0.3) is 0 Å². The van der Waals surface area contributed by atoms with Crippen LogP contribution in [0.3, 0.4) is 0 Å². The zero-order chi connectivity index (χ0) is 7.14. The molecule has 0 unspecified atom stereocenters. The monoisotopic (exact) mass is 130 g/mol. The average molecular weight is 130 g/mol. The highest BCUT2D eigenvalue weighted by molar-refractivity contribution is 4.93. The maximum absolute atomic E-state index is 13.0. The molecule has 0 spiro atoms. The number of halogens is 1. The van der Waals surface area contributed by atoms with Crippen LogP contribution in [0.4, 0.5) is 4.39 Å². The lowest BCUT2D eigenvalue weighted by molar-refractivity contribution is 0.208. The molecular formula is C7H12FN. The first kappa shape index (κ1) is 4.67. The Hall–Kier alpha value is -0.110. The number of fused-ring (bicyclic) bond motifs is 2. The van der Waals surface area contributed by atoms with Crippen molar-refractivity contribution in [2.24, 2.45) is 0 Å². The van der Waals surface area contributed by atoms with Crippen molar-refractivity contribution < 1.29 is 5.76 Å². The maximum atomic E-state index is 13.0. The second-order valence-electron chi connectivity index (χ2n) is 2.96. The molecule has 2 bridgehead atoms. The Balaban J connectivity index is 2.09. The molecule has 0 radical (unpaired) electrons. The summed E-state index contributed by atoms with van der Waals surface area (Å²) in [6.45, 7) is 0. The minimum absolute atomic E-state index is 0.00116. The van der Waals surface area contributed by atoms with E-state index in [1.165, 1.54) is 0 Å². The Labute approximate surface area is 56.0 Å². The number of hydrogen-bond acceptors (Lipinski definition) is 1. The lowest BCUT2D eigenvalue weighted by atomic mass is 10.0. The minimum atomic E-state index is -0.918. The SMILES string of the molecule is [2H][C@@H]1C[C@H]2CC[C@H](N2)[C@H]1F. The zero-order valence-electron chi connectivity index (χ0n) is 6.31. The fourth-order valence-electron chi connectivity index (χ4n) is 1.75. The highest BCUT2D eigenvalue weighted by Crippen LogP contribution is 2.28. The van der Waals surface area contributed by atoms with Crippen molar-refractivity contribution in [3.05, 3.63) is 0 Å². The van der Waals surface area contributed by atoms with Crippen molar-refractivity contribution in [2.75, 3.05) is 0 Å². The van der Waals surface area contributed by atoms with Crippen LogP contribution in [0.1, 0.15) is 27.0 Å². The summed E-state index contributed by atoms with van der Waals surface area (Å²) < 4.78 is 20.4. The molecule has 52 valence electrons. The lowest BCUT2D eigenvalue weighted by Gasteiger charge is -2.23. The highest BCUT2D eigenvalue weighted by Gasteiger charge is 2.34. The Kier molecular flexibility index (Phi) is 1.01. The molecule has 2 saturated heterocycles. The van der Waals surface area contributed by atoms with Crippen molar-refractivity contribution in [3.8, 4) is 0 Å². The third kappa shape index (κ3) is 0.855. The van der Waals surface area contributed by atoms with E-state index in [1.807, 2.05) is 0 Å². The number of rotatable bonds is 0. The van der Waals surface area contributed by atoms with Crippen LogP contribution < -0.4 is 5.32 Å². The van der Waals surface area contributed by atoms with Gasteiger partial charge in [-0.25, -0.2) is 4.39 Å². The molecule has 1 N–H and O–H groups in total. The quantitative estimate of drug-likeness (QED) is 0.520. The van der Waals surface area contributed by atoms with E-state index in [4.69, 9.17) is 1.37 Å². The molecule has 2 rings (SSSR count). The van der Waals surface area contributed by atoms with Crippen molar-refractivity contribution in [3.63, 3.8) is 0 Å². The number of alkyl halides is 1. The summed E-state index contributed by atoms with van der Waals surface area (Å²) in [7, 11) is 0. The van der Waals surface area contributed by atoms with Crippen LogP contribution in [0.5, 0.6) is 0 Å². The summed E-state index contributed by atoms with van der Waals surface area (Å²) in [5, 5.41) is 3.18. The first-order chi connectivity index (χ1) is 4.77. The Morgan fingerprint density at radius 1 is 1.44 bits per heavy atom. The van der Waals surface area contributed by atoms with Gasteiger partial charge in [0.15, 0.2) is 0 Å². The number of hydrogen-bond donors (Lipinski definition) is 1. The van der Waals surface area contributed by atoms with E-state index in [0.717, 1.165) is 12.8 Å². The van der Waals surface area contributed by atoms with Gasteiger partial charge in [0.05, 0.1) is 0 Å². The van der Waals surface area contributed by atoms with E-state index in [-0.39, 0.29) is 6.04 Å². The van der Waals surface area contributed by atoms with Gasteiger partial charge in [-0.15, -0.1) is 0 Å². The lowest BCUT2D eigenvalue weighted by Crippen LogP contribution is -2.41. The molecule has 2 aliphatic rings. The van der Waals surface area contributed by atoms with Crippen LogP contribution in [-0.4, -0.2) is 18.3 Å². The summed E-state index contributed by atoms with van der Waals surface area (Å²) in [6, 6.07) is 0.445. The zero-order valence-corrected chi connectivity index (χ0v) is 5.31. The van der Waals surface area contributed by atoms with Crippen LogP contribution in [0.25, 0.3) is 0 Å². The van der Waals surface area contributed by atoms with Gasteiger partial charge in [-0.1, -0.05) is 0 Å². The summed E-state index contributed by atoms with van der Waals surface area (Å²) in [5.74, 6) is 0. The van der Waals surface area contributed by atoms with Gasteiger partial charge >= 0.3 is 0 Å². The molecule has 0 amide bonds. The molecular weight excluding hydrogens is 117 g/mol. The van der Waals surface area contributed by atoms with Crippen molar-refractivity contribution >= 4 is 0 Å².